The fourth-order valence-electron chi connectivity index (χ4n) is 3.18. The van der Waals surface area contributed by atoms with Crippen molar-refractivity contribution in [3.63, 3.8) is 0 Å². The number of anilines is 1. The van der Waals surface area contributed by atoms with E-state index in [0.717, 1.165) is 25.3 Å². The van der Waals surface area contributed by atoms with Crippen LogP contribution in [0.15, 0.2) is 29.6 Å². The van der Waals surface area contributed by atoms with Gasteiger partial charge in [-0.2, -0.15) is 0 Å². The summed E-state index contributed by atoms with van der Waals surface area (Å²) in [4.78, 5) is 19.4. The van der Waals surface area contributed by atoms with E-state index in [9.17, 15) is 4.79 Å². The van der Waals surface area contributed by atoms with Gasteiger partial charge >= 0.3 is 0 Å². The highest BCUT2D eigenvalue weighted by Gasteiger charge is 2.23. The quantitative estimate of drug-likeness (QED) is 0.838. The molecule has 3 rings (SSSR count). The number of hydrogen-bond donors (Lipinski definition) is 1. The molecule has 1 aliphatic heterocycles. The minimum absolute atomic E-state index is 0.205. The molecule has 7 heteroatoms. The van der Waals surface area contributed by atoms with Gasteiger partial charge in [-0.25, -0.2) is 4.98 Å². The van der Waals surface area contributed by atoms with Crippen LogP contribution >= 0.6 is 11.3 Å². The molecule has 1 aliphatic rings. The molecule has 1 amide bonds. The van der Waals surface area contributed by atoms with Crippen molar-refractivity contribution in [2.45, 2.75) is 39.5 Å². The molecule has 1 saturated heterocycles. The number of benzene rings is 1. The minimum Gasteiger partial charge on any atom is -0.493 e. The molecule has 140 valence electrons. The number of ether oxygens (including phenoxy) is 2. The van der Waals surface area contributed by atoms with Crippen LogP contribution in [-0.2, 0) is 11.3 Å². The lowest BCUT2D eigenvalue weighted by Gasteiger charge is -2.34. The number of para-hydroxylation sites is 1. The topological polar surface area (TPSA) is 63.7 Å². The second-order valence-electron chi connectivity index (χ2n) is 6.48. The SMILES string of the molecule is CCOc1ccccc1C(=O)Nc1nc(CN2CC(C)OC(C)C2)cs1. The van der Waals surface area contributed by atoms with Crippen molar-refractivity contribution < 1.29 is 14.3 Å². The number of thiazole rings is 1. The van der Waals surface area contributed by atoms with Gasteiger partial charge in [-0.15, -0.1) is 11.3 Å². The number of morpholine rings is 1. The van der Waals surface area contributed by atoms with Crippen LogP contribution in [0.2, 0.25) is 0 Å². The van der Waals surface area contributed by atoms with Crippen molar-refractivity contribution in [1.29, 1.82) is 0 Å². The summed E-state index contributed by atoms with van der Waals surface area (Å²) in [6.45, 7) is 9.14. The van der Waals surface area contributed by atoms with E-state index in [0.29, 0.717) is 23.1 Å². The molecule has 2 atom stereocenters. The van der Waals surface area contributed by atoms with Gasteiger partial charge in [0.05, 0.1) is 30.1 Å². The molecule has 1 aromatic heterocycles. The summed E-state index contributed by atoms with van der Waals surface area (Å²) in [5.41, 5.74) is 1.48. The van der Waals surface area contributed by atoms with Gasteiger partial charge in [0.2, 0.25) is 0 Å². The van der Waals surface area contributed by atoms with Crippen molar-refractivity contribution in [3.8, 4) is 5.75 Å². The molecule has 2 aromatic rings. The molecular weight excluding hydrogens is 350 g/mol. The van der Waals surface area contributed by atoms with E-state index in [-0.39, 0.29) is 18.1 Å². The van der Waals surface area contributed by atoms with E-state index >= 15 is 0 Å². The Bertz CT molecular complexity index is 739. The molecule has 1 aromatic carbocycles. The van der Waals surface area contributed by atoms with Gasteiger partial charge in [0.25, 0.3) is 5.91 Å². The molecule has 0 radical (unpaired) electrons. The zero-order chi connectivity index (χ0) is 18.5. The maximum Gasteiger partial charge on any atom is 0.261 e. The maximum absolute atomic E-state index is 12.5. The Labute approximate surface area is 158 Å². The maximum atomic E-state index is 12.5. The lowest BCUT2D eigenvalue weighted by molar-refractivity contribution is -0.0707. The van der Waals surface area contributed by atoms with E-state index in [1.165, 1.54) is 11.3 Å². The monoisotopic (exact) mass is 375 g/mol. The van der Waals surface area contributed by atoms with Crippen molar-refractivity contribution in [3.05, 3.63) is 40.9 Å². The van der Waals surface area contributed by atoms with Crippen molar-refractivity contribution in [2.24, 2.45) is 0 Å². The molecule has 26 heavy (non-hydrogen) atoms. The van der Waals surface area contributed by atoms with Gasteiger partial charge in [-0.3, -0.25) is 15.0 Å². The fourth-order valence-corrected chi connectivity index (χ4v) is 3.88. The number of carbonyl (C=O) groups is 1. The number of nitrogens with one attached hydrogen (secondary N) is 1. The summed E-state index contributed by atoms with van der Waals surface area (Å²) in [5, 5.41) is 5.47. The van der Waals surface area contributed by atoms with Gasteiger partial charge in [-0.05, 0) is 32.9 Å². The first-order valence-electron chi connectivity index (χ1n) is 8.90. The van der Waals surface area contributed by atoms with Gasteiger partial charge in [0, 0.05) is 25.0 Å². The van der Waals surface area contributed by atoms with Crippen LogP contribution in [0.4, 0.5) is 5.13 Å². The first-order valence-corrected chi connectivity index (χ1v) is 9.78. The van der Waals surface area contributed by atoms with Crippen LogP contribution in [0.5, 0.6) is 5.75 Å². The predicted molar refractivity (Wildman–Crippen MR) is 103 cm³/mol. The third-order valence-electron chi connectivity index (χ3n) is 4.08. The number of hydrogen-bond acceptors (Lipinski definition) is 6. The van der Waals surface area contributed by atoms with Gasteiger partial charge < -0.3 is 9.47 Å². The molecule has 6 nitrogen and oxygen atoms in total. The molecule has 1 fully saturated rings. The summed E-state index contributed by atoms with van der Waals surface area (Å²) in [5.74, 6) is 0.379. The van der Waals surface area contributed by atoms with Crippen LogP contribution in [0, 0.1) is 0 Å². The number of nitrogens with zero attached hydrogens (tertiary/aromatic N) is 2. The first-order chi connectivity index (χ1) is 12.5. The Morgan fingerprint density at radius 3 is 2.81 bits per heavy atom. The van der Waals surface area contributed by atoms with E-state index in [4.69, 9.17) is 9.47 Å². The lowest BCUT2D eigenvalue weighted by atomic mass is 10.2. The van der Waals surface area contributed by atoms with Crippen LogP contribution in [0.25, 0.3) is 0 Å². The Kier molecular flexibility index (Phi) is 6.24. The second-order valence-corrected chi connectivity index (χ2v) is 7.34. The highest BCUT2D eigenvalue weighted by Crippen LogP contribution is 2.22. The Morgan fingerprint density at radius 1 is 1.35 bits per heavy atom. The normalized spacial score (nSPS) is 20.7. The predicted octanol–water partition coefficient (Wildman–Crippen LogP) is 3.40. The molecule has 0 bridgehead atoms. The van der Waals surface area contributed by atoms with E-state index in [1.54, 1.807) is 12.1 Å². The third-order valence-corrected chi connectivity index (χ3v) is 4.89. The fraction of sp³-hybridized carbons (Fsp3) is 0.474. The molecule has 1 N–H and O–H groups in total. The first kappa shape index (κ1) is 18.8. The number of carbonyl (C=O) groups excluding carboxylic acids is 1. The Hall–Kier alpha value is -1.96. The second kappa shape index (κ2) is 8.62. The Balaban J connectivity index is 1.62. The smallest absolute Gasteiger partial charge is 0.261 e. The van der Waals surface area contributed by atoms with Gasteiger partial charge in [-0.1, -0.05) is 12.1 Å². The highest BCUT2D eigenvalue weighted by atomic mass is 32.1. The molecule has 0 saturated carbocycles. The zero-order valence-corrected chi connectivity index (χ0v) is 16.2. The average molecular weight is 375 g/mol. The number of amides is 1. The van der Waals surface area contributed by atoms with E-state index in [1.807, 2.05) is 24.4 Å². The average Bonchev–Trinajstić information content (AvgIpc) is 3.01. The van der Waals surface area contributed by atoms with E-state index < -0.39 is 0 Å². The Morgan fingerprint density at radius 2 is 2.08 bits per heavy atom. The highest BCUT2D eigenvalue weighted by molar-refractivity contribution is 7.14. The van der Waals surface area contributed by atoms with Crippen molar-refractivity contribution in [2.75, 3.05) is 25.0 Å². The molecule has 0 spiro atoms. The zero-order valence-electron chi connectivity index (χ0n) is 15.4. The van der Waals surface area contributed by atoms with Crippen molar-refractivity contribution in [1.82, 2.24) is 9.88 Å². The summed E-state index contributed by atoms with van der Waals surface area (Å²) in [6, 6.07) is 7.23. The standard InChI is InChI=1S/C19H25N3O3S/c1-4-24-17-8-6-5-7-16(17)18(23)21-19-20-15(12-26-19)11-22-9-13(2)25-14(3)10-22/h5-8,12-14H,4,9-11H2,1-3H3,(H,20,21,23). The number of aromatic nitrogens is 1. The largest absolute Gasteiger partial charge is 0.493 e. The summed E-state index contributed by atoms with van der Waals surface area (Å²) in [6.07, 6.45) is 0.457. The molecular formula is C19H25N3O3S. The van der Waals surface area contributed by atoms with Gasteiger partial charge in [0.15, 0.2) is 5.13 Å². The van der Waals surface area contributed by atoms with Gasteiger partial charge in [0.1, 0.15) is 5.75 Å². The summed E-state index contributed by atoms with van der Waals surface area (Å²) in [7, 11) is 0. The molecule has 2 heterocycles. The summed E-state index contributed by atoms with van der Waals surface area (Å²) >= 11 is 1.44. The lowest BCUT2D eigenvalue weighted by Crippen LogP contribution is -2.44. The number of rotatable bonds is 6. The molecule has 0 aliphatic carbocycles. The molecule has 2 unspecified atom stereocenters. The third kappa shape index (κ3) is 4.81. The summed E-state index contributed by atoms with van der Waals surface area (Å²) < 4.78 is 11.3. The van der Waals surface area contributed by atoms with E-state index in [2.05, 4.69) is 29.0 Å². The minimum atomic E-state index is -0.205. The van der Waals surface area contributed by atoms with Crippen LogP contribution in [0.3, 0.4) is 0 Å². The van der Waals surface area contributed by atoms with Crippen LogP contribution < -0.4 is 10.1 Å². The van der Waals surface area contributed by atoms with Crippen LogP contribution in [-0.4, -0.2) is 47.7 Å². The van der Waals surface area contributed by atoms with Crippen molar-refractivity contribution >= 4 is 22.4 Å². The van der Waals surface area contributed by atoms with Crippen LogP contribution in [0.1, 0.15) is 36.8 Å².